The Morgan fingerprint density at radius 1 is 1.40 bits per heavy atom. The van der Waals surface area contributed by atoms with Crippen LogP contribution in [0, 0.1) is 6.92 Å². The summed E-state index contributed by atoms with van der Waals surface area (Å²) in [6.45, 7) is 4.04. The molecule has 0 atom stereocenters. The van der Waals surface area contributed by atoms with Gasteiger partial charge < -0.3 is 5.11 Å². The molecule has 0 saturated heterocycles. The van der Waals surface area contributed by atoms with Crippen LogP contribution in [0.3, 0.4) is 0 Å². The summed E-state index contributed by atoms with van der Waals surface area (Å²) in [5.74, 6) is 0.263. The van der Waals surface area contributed by atoms with Crippen LogP contribution < -0.4 is 0 Å². The maximum atomic E-state index is 9.58. The lowest BCUT2D eigenvalue weighted by Crippen LogP contribution is -2.01. The van der Waals surface area contributed by atoms with Crippen molar-refractivity contribution in [3.63, 3.8) is 0 Å². The molecule has 1 N–H and O–H groups in total. The Morgan fingerprint density at radius 2 is 2.20 bits per heavy atom. The number of nitrogens with zero attached hydrogens (tertiary/aromatic N) is 2. The lowest BCUT2D eigenvalue weighted by molar-refractivity contribution is 0.468. The predicted octanol–water partition coefficient (Wildman–Crippen LogP) is 2.45. The molecule has 0 fully saturated rings. The van der Waals surface area contributed by atoms with Gasteiger partial charge in [0.15, 0.2) is 5.75 Å². The number of hydrogen-bond acceptors (Lipinski definition) is 2. The molecule has 2 rings (SSSR count). The van der Waals surface area contributed by atoms with Crippen molar-refractivity contribution in [2.45, 2.75) is 20.3 Å². The predicted molar refractivity (Wildman–Crippen MR) is 59.3 cm³/mol. The largest absolute Gasteiger partial charge is 0.504 e. The number of aromatic nitrogens is 2. The van der Waals surface area contributed by atoms with Gasteiger partial charge in [-0.15, -0.1) is 0 Å². The first kappa shape index (κ1) is 9.77. The molecule has 2 aromatic rings. The second kappa shape index (κ2) is 3.77. The smallest absolute Gasteiger partial charge is 0.157 e. The molecule has 78 valence electrons. The lowest BCUT2D eigenvalue weighted by Gasteiger charge is -2.06. The van der Waals surface area contributed by atoms with Crippen molar-refractivity contribution in [1.82, 2.24) is 9.78 Å². The van der Waals surface area contributed by atoms with Crippen molar-refractivity contribution in [3.05, 3.63) is 41.7 Å². The molecule has 0 bridgehead atoms. The molecule has 3 nitrogen and oxygen atoms in total. The molecular formula is C12H14N2O. The quantitative estimate of drug-likeness (QED) is 0.812. The molecule has 1 heterocycles. The highest BCUT2D eigenvalue weighted by Gasteiger charge is 2.08. The van der Waals surface area contributed by atoms with Crippen molar-refractivity contribution in [2.75, 3.05) is 0 Å². The second-order valence-electron chi connectivity index (χ2n) is 3.58. The number of aromatic hydroxyl groups is 1. The van der Waals surface area contributed by atoms with Gasteiger partial charge in [-0.1, -0.05) is 19.1 Å². The standard InChI is InChI=1S/C12H14N2O/c1-3-11-12(15)8-13-14(11)10-6-4-5-9(2)7-10/h4-8,15H,3H2,1-2H3. The highest BCUT2D eigenvalue weighted by molar-refractivity contribution is 5.39. The van der Waals surface area contributed by atoms with Gasteiger partial charge in [0.05, 0.1) is 17.6 Å². The number of rotatable bonds is 2. The van der Waals surface area contributed by atoms with Crippen molar-refractivity contribution < 1.29 is 5.11 Å². The molecule has 0 aliphatic heterocycles. The number of benzene rings is 1. The topological polar surface area (TPSA) is 38.1 Å². The van der Waals surface area contributed by atoms with E-state index in [0.717, 1.165) is 17.8 Å². The van der Waals surface area contributed by atoms with Gasteiger partial charge >= 0.3 is 0 Å². The van der Waals surface area contributed by atoms with Crippen molar-refractivity contribution in [3.8, 4) is 11.4 Å². The van der Waals surface area contributed by atoms with E-state index in [9.17, 15) is 5.11 Å². The lowest BCUT2D eigenvalue weighted by atomic mass is 10.2. The Hall–Kier alpha value is -1.77. The van der Waals surface area contributed by atoms with Gasteiger partial charge in [0, 0.05) is 0 Å². The summed E-state index contributed by atoms with van der Waals surface area (Å²) >= 11 is 0. The van der Waals surface area contributed by atoms with Crippen LogP contribution in [-0.4, -0.2) is 14.9 Å². The third-order valence-electron chi connectivity index (χ3n) is 2.43. The van der Waals surface area contributed by atoms with E-state index in [1.54, 1.807) is 4.68 Å². The molecule has 15 heavy (non-hydrogen) atoms. The Kier molecular flexibility index (Phi) is 2.46. The van der Waals surface area contributed by atoms with Crippen LogP contribution in [-0.2, 0) is 6.42 Å². The van der Waals surface area contributed by atoms with E-state index in [1.807, 2.05) is 38.1 Å². The van der Waals surface area contributed by atoms with E-state index in [2.05, 4.69) is 5.10 Å². The van der Waals surface area contributed by atoms with Crippen LogP contribution in [0.4, 0.5) is 0 Å². The second-order valence-corrected chi connectivity index (χ2v) is 3.58. The molecule has 0 saturated carbocycles. The van der Waals surface area contributed by atoms with Crippen LogP contribution in [0.1, 0.15) is 18.2 Å². The monoisotopic (exact) mass is 202 g/mol. The fourth-order valence-corrected chi connectivity index (χ4v) is 1.68. The van der Waals surface area contributed by atoms with E-state index in [-0.39, 0.29) is 5.75 Å². The molecule has 0 spiro atoms. The number of hydrogen-bond donors (Lipinski definition) is 1. The van der Waals surface area contributed by atoms with Gasteiger partial charge in [-0.2, -0.15) is 5.10 Å². The van der Waals surface area contributed by atoms with Gasteiger partial charge in [-0.25, -0.2) is 4.68 Å². The molecule has 0 amide bonds. The van der Waals surface area contributed by atoms with Crippen LogP contribution >= 0.6 is 0 Å². The summed E-state index contributed by atoms with van der Waals surface area (Å²) < 4.78 is 1.78. The number of aryl methyl sites for hydroxylation is 1. The highest BCUT2D eigenvalue weighted by atomic mass is 16.3. The maximum Gasteiger partial charge on any atom is 0.157 e. The molecule has 0 unspecified atom stereocenters. The van der Waals surface area contributed by atoms with Crippen molar-refractivity contribution in [2.24, 2.45) is 0 Å². The van der Waals surface area contributed by atoms with Gasteiger partial charge in [-0.3, -0.25) is 0 Å². The van der Waals surface area contributed by atoms with Crippen molar-refractivity contribution >= 4 is 0 Å². The molecule has 1 aromatic heterocycles. The minimum Gasteiger partial charge on any atom is -0.504 e. The van der Waals surface area contributed by atoms with Gasteiger partial charge in [-0.05, 0) is 31.0 Å². The Morgan fingerprint density at radius 3 is 2.87 bits per heavy atom. The minimum atomic E-state index is 0.263. The molecule has 0 aliphatic carbocycles. The summed E-state index contributed by atoms with van der Waals surface area (Å²) in [6.07, 6.45) is 2.25. The molecule has 0 aliphatic rings. The zero-order chi connectivity index (χ0) is 10.8. The fourth-order valence-electron chi connectivity index (χ4n) is 1.68. The first-order valence-electron chi connectivity index (χ1n) is 5.05. The summed E-state index contributed by atoms with van der Waals surface area (Å²) in [5.41, 5.74) is 3.03. The summed E-state index contributed by atoms with van der Waals surface area (Å²) in [6, 6.07) is 8.06. The zero-order valence-electron chi connectivity index (χ0n) is 8.94. The van der Waals surface area contributed by atoms with Crippen molar-refractivity contribution in [1.29, 1.82) is 0 Å². The summed E-state index contributed by atoms with van der Waals surface area (Å²) in [7, 11) is 0. The molecule has 3 heteroatoms. The van der Waals surface area contributed by atoms with Gasteiger partial charge in [0.25, 0.3) is 0 Å². The third-order valence-corrected chi connectivity index (χ3v) is 2.43. The molecule has 0 radical (unpaired) electrons. The van der Waals surface area contributed by atoms with Crippen LogP contribution in [0.5, 0.6) is 5.75 Å². The zero-order valence-corrected chi connectivity index (χ0v) is 8.94. The van der Waals surface area contributed by atoms with E-state index in [1.165, 1.54) is 11.8 Å². The highest BCUT2D eigenvalue weighted by Crippen LogP contribution is 2.20. The van der Waals surface area contributed by atoms with E-state index in [0.29, 0.717) is 0 Å². The van der Waals surface area contributed by atoms with Crippen LogP contribution in [0.25, 0.3) is 5.69 Å². The van der Waals surface area contributed by atoms with Crippen LogP contribution in [0.2, 0.25) is 0 Å². The SMILES string of the molecule is CCc1c(O)cnn1-c1cccc(C)c1. The third kappa shape index (κ3) is 1.73. The molecular weight excluding hydrogens is 188 g/mol. The average molecular weight is 202 g/mol. The van der Waals surface area contributed by atoms with E-state index < -0.39 is 0 Å². The Bertz CT molecular complexity index is 474. The van der Waals surface area contributed by atoms with Gasteiger partial charge in [0.2, 0.25) is 0 Å². The minimum absolute atomic E-state index is 0.263. The van der Waals surface area contributed by atoms with Crippen LogP contribution in [0.15, 0.2) is 30.5 Å². The first-order chi connectivity index (χ1) is 7.22. The first-order valence-corrected chi connectivity index (χ1v) is 5.05. The average Bonchev–Trinajstić information content (AvgIpc) is 2.59. The normalized spacial score (nSPS) is 10.5. The molecule has 1 aromatic carbocycles. The Balaban J connectivity index is 2.54. The Labute approximate surface area is 89.0 Å². The van der Waals surface area contributed by atoms with Gasteiger partial charge in [0.1, 0.15) is 0 Å². The maximum absolute atomic E-state index is 9.58. The fraction of sp³-hybridized carbons (Fsp3) is 0.250. The van der Waals surface area contributed by atoms with E-state index in [4.69, 9.17) is 0 Å². The van der Waals surface area contributed by atoms with E-state index >= 15 is 0 Å². The summed E-state index contributed by atoms with van der Waals surface area (Å²) in [4.78, 5) is 0. The summed E-state index contributed by atoms with van der Waals surface area (Å²) in [5, 5.41) is 13.7.